The zero-order chi connectivity index (χ0) is 8.55. The summed E-state index contributed by atoms with van der Waals surface area (Å²) in [5.74, 6) is 0.823. The van der Waals surface area contributed by atoms with Crippen molar-refractivity contribution in [2.24, 2.45) is 5.73 Å². The number of rotatable bonds is 1. The van der Waals surface area contributed by atoms with Gasteiger partial charge in [0.05, 0.1) is 0 Å². The van der Waals surface area contributed by atoms with Crippen LogP contribution >= 0.6 is 0 Å². The van der Waals surface area contributed by atoms with Crippen molar-refractivity contribution in [1.29, 1.82) is 0 Å². The van der Waals surface area contributed by atoms with Gasteiger partial charge in [0.2, 0.25) is 0 Å². The maximum absolute atomic E-state index is 9.37. The Morgan fingerprint density at radius 1 is 1.50 bits per heavy atom. The van der Waals surface area contributed by atoms with Crippen LogP contribution in [-0.2, 0) is 6.54 Å². The van der Waals surface area contributed by atoms with Crippen molar-refractivity contribution in [2.75, 3.05) is 5.43 Å². The number of nitrogens with one attached hydrogen (secondary N) is 2. The summed E-state index contributed by atoms with van der Waals surface area (Å²) >= 11 is 0. The average Bonchev–Trinajstić information content (AvgIpc) is 2.52. The van der Waals surface area contributed by atoms with Crippen molar-refractivity contribution < 1.29 is 9.94 Å². The molecule has 0 aliphatic carbocycles. The van der Waals surface area contributed by atoms with Crippen LogP contribution in [0.4, 0.5) is 5.69 Å². The number of hydrogen-bond acceptors (Lipinski definition) is 5. The summed E-state index contributed by atoms with van der Waals surface area (Å²) in [7, 11) is 0. The van der Waals surface area contributed by atoms with Crippen molar-refractivity contribution in [3.63, 3.8) is 0 Å². The lowest BCUT2D eigenvalue weighted by atomic mass is 10.1. The molecule has 0 spiro atoms. The molecule has 1 aliphatic heterocycles. The fourth-order valence-electron chi connectivity index (χ4n) is 1.18. The third-order valence-corrected chi connectivity index (χ3v) is 1.79. The highest BCUT2D eigenvalue weighted by atomic mass is 16.7. The van der Waals surface area contributed by atoms with Gasteiger partial charge in [-0.3, -0.25) is 5.43 Å². The van der Waals surface area contributed by atoms with E-state index in [2.05, 4.69) is 11.0 Å². The highest BCUT2D eigenvalue weighted by molar-refractivity contribution is 5.67. The maximum atomic E-state index is 9.37. The van der Waals surface area contributed by atoms with E-state index in [1.165, 1.54) is 0 Å². The fourth-order valence-corrected chi connectivity index (χ4v) is 1.18. The molecule has 5 heteroatoms. The summed E-state index contributed by atoms with van der Waals surface area (Å²) in [5.41, 5.74) is 12.0. The zero-order valence-electron chi connectivity index (χ0n) is 6.29. The second kappa shape index (κ2) is 2.54. The molecular formula is C7H9N3O2. The van der Waals surface area contributed by atoms with Gasteiger partial charge in [-0.2, -0.15) is 0 Å². The Bertz CT molecular complexity index is 314. The van der Waals surface area contributed by atoms with Gasteiger partial charge >= 0.3 is 0 Å². The van der Waals surface area contributed by atoms with Crippen LogP contribution in [0.5, 0.6) is 11.5 Å². The van der Waals surface area contributed by atoms with Crippen LogP contribution < -0.4 is 21.6 Å². The number of phenols is 1. The molecule has 1 aromatic rings. The first-order valence-corrected chi connectivity index (χ1v) is 3.55. The van der Waals surface area contributed by atoms with Gasteiger partial charge in [-0.1, -0.05) is 5.59 Å². The number of aromatic hydroxyl groups is 1. The molecule has 0 saturated heterocycles. The van der Waals surface area contributed by atoms with Crippen LogP contribution in [0.2, 0.25) is 0 Å². The number of nitrogens with two attached hydrogens (primary N) is 1. The molecule has 1 aromatic carbocycles. The van der Waals surface area contributed by atoms with Gasteiger partial charge in [-0.05, 0) is 12.1 Å². The van der Waals surface area contributed by atoms with Crippen LogP contribution in [-0.4, -0.2) is 5.11 Å². The van der Waals surface area contributed by atoms with Crippen LogP contribution in [0.1, 0.15) is 5.56 Å². The van der Waals surface area contributed by atoms with E-state index in [0.717, 1.165) is 0 Å². The van der Waals surface area contributed by atoms with E-state index in [1.807, 2.05) is 0 Å². The van der Waals surface area contributed by atoms with Gasteiger partial charge in [0.25, 0.3) is 0 Å². The molecule has 0 fully saturated rings. The number of anilines is 1. The molecule has 64 valence electrons. The molecule has 0 aromatic heterocycles. The molecule has 12 heavy (non-hydrogen) atoms. The van der Waals surface area contributed by atoms with Crippen molar-refractivity contribution in [3.8, 4) is 11.5 Å². The Morgan fingerprint density at radius 2 is 2.33 bits per heavy atom. The van der Waals surface area contributed by atoms with Crippen LogP contribution in [0.25, 0.3) is 0 Å². The first-order valence-electron chi connectivity index (χ1n) is 3.55. The molecule has 0 atom stereocenters. The number of phenolic OH excluding ortho intramolecular Hbond substituents is 1. The van der Waals surface area contributed by atoms with Gasteiger partial charge in [0.1, 0.15) is 11.4 Å². The molecular weight excluding hydrogens is 158 g/mol. The maximum Gasteiger partial charge on any atom is 0.174 e. The summed E-state index contributed by atoms with van der Waals surface area (Å²) in [6.45, 7) is 0.271. The standard InChI is InChI=1S/C7H9N3O2/c8-3-4-5(11)1-2-6-7(4)9-10-12-6/h1-2,9-11H,3,8H2. The van der Waals surface area contributed by atoms with Crippen molar-refractivity contribution in [2.45, 2.75) is 6.54 Å². The summed E-state index contributed by atoms with van der Waals surface area (Å²) in [6, 6.07) is 3.21. The molecule has 2 rings (SSSR count). The van der Waals surface area contributed by atoms with Gasteiger partial charge in [-0.25, -0.2) is 0 Å². The molecule has 1 heterocycles. The van der Waals surface area contributed by atoms with Crippen molar-refractivity contribution in [3.05, 3.63) is 17.7 Å². The molecule has 1 aliphatic rings. The lowest BCUT2D eigenvalue weighted by molar-refractivity contribution is 0.247. The Hall–Kier alpha value is -1.46. The van der Waals surface area contributed by atoms with E-state index in [4.69, 9.17) is 10.6 Å². The summed E-state index contributed by atoms with van der Waals surface area (Å²) in [4.78, 5) is 4.97. The van der Waals surface area contributed by atoms with Gasteiger partial charge in [0, 0.05) is 12.1 Å². The highest BCUT2D eigenvalue weighted by Crippen LogP contribution is 2.35. The van der Waals surface area contributed by atoms with E-state index in [-0.39, 0.29) is 12.3 Å². The predicted octanol–water partition coefficient (Wildman–Crippen LogP) is 0.0748. The van der Waals surface area contributed by atoms with Crippen molar-refractivity contribution >= 4 is 5.69 Å². The van der Waals surface area contributed by atoms with Gasteiger partial charge < -0.3 is 15.7 Å². The van der Waals surface area contributed by atoms with Crippen LogP contribution in [0.3, 0.4) is 0 Å². The normalized spacial score (nSPS) is 13.4. The molecule has 0 saturated carbocycles. The Balaban J connectivity index is 2.57. The van der Waals surface area contributed by atoms with E-state index < -0.39 is 0 Å². The summed E-state index contributed by atoms with van der Waals surface area (Å²) in [5, 5.41) is 9.37. The summed E-state index contributed by atoms with van der Waals surface area (Å²) < 4.78 is 0. The van der Waals surface area contributed by atoms with Gasteiger partial charge in [-0.15, -0.1) is 0 Å². The minimum absolute atomic E-state index is 0.177. The highest BCUT2D eigenvalue weighted by Gasteiger charge is 2.17. The fraction of sp³-hybridized carbons (Fsp3) is 0.143. The Labute approximate surface area is 69.1 Å². The zero-order valence-corrected chi connectivity index (χ0v) is 6.29. The number of benzene rings is 1. The third-order valence-electron chi connectivity index (χ3n) is 1.79. The van der Waals surface area contributed by atoms with E-state index in [0.29, 0.717) is 17.0 Å². The molecule has 0 unspecified atom stereocenters. The SMILES string of the molecule is NCc1c(O)ccc2c1NNO2. The molecule has 5 nitrogen and oxygen atoms in total. The third kappa shape index (κ3) is 0.876. The molecule has 0 radical (unpaired) electrons. The predicted molar refractivity (Wildman–Crippen MR) is 43.4 cm³/mol. The summed E-state index contributed by atoms with van der Waals surface area (Å²) in [6.07, 6.45) is 0. The minimum Gasteiger partial charge on any atom is -0.508 e. The smallest absolute Gasteiger partial charge is 0.174 e. The van der Waals surface area contributed by atoms with Crippen LogP contribution in [0.15, 0.2) is 12.1 Å². The van der Waals surface area contributed by atoms with E-state index in [9.17, 15) is 5.11 Å². The van der Waals surface area contributed by atoms with E-state index >= 15 is 0 Å². The molecule has 0 bridgehead atoms. The molecule has 0 amide bonds. The van der Waals surface area contributed by atoms with Crippen molar-refractivity contribution in [1.82, 2.24) is 5.59 Å². The Morgan fingerprint density at radius 3 is 3.08 bits per heavy atom. The minimum atomic E-state index is 0.177. The second-order valence-electron chi connectivity index (χ2n) is 2.47. The first kappa shape index (κ1) is 7.20. The quantitative estimate of drug-likeness (QED) is 0.476. The number of hydrazine groups is 1. The second-order valence-corrected chi connectivity index (χ2v) is 2.47. The molecule has 5 N–H and O–H groups in total. The first-order chi connectivity index (χ1) is 5.83. The average molecular weight is 167 g/mol. The Kier molecular flexibility index (Phi) is 1.53. The lowest BCUT2D eigenvalue weighted by Gasteiger charge is -2.04. The van der Waals surface area contributed by atoms with E-state index in [1.54, 1.807) is 12.1 Å². The topological polar surface area (TPSA) is 79.5 Å². The largest absolute Gasteiger partial charge is 0.508 e. The van der Waals surface area contributed by atoms with Gasteiger partial charge in [0.15, 0.2) is 5.75 Å². The number of hydrogen-bond donors (Lipinski definition) is 4. The lowest BCUT2D eigenvalue weighted by Crippen LogP contribution is -2.17. The number of fused-ring (bicyclic) bond motifs is 1. The monoisotopic (exact) mass is 167 g/mol. The van der Waals surface area contributed by atoms with Crippen LogP contribution in [0, 0.1) is 0 Å².